The van der Waals surface area contributed by atoms with Crippen LogP contribution in [-0.2, 0) is 0 Å². The highest BCUT2D eigenvalue weighted by Gasteiger charge is 2.13. The Morgan fingerprint density at radius 1 is 1.46 bits per heavy atom. The molecule has 0 unspecified atom stereocenters. The molecule has 13 heavy (non-hydrogen) atoms. The molecule has 0 aliphatic carbocycles. The molecule has 0 fully saturated rings. The van der Waals surface area contributed by atoms with E-state index in [1.54, 1.807) is 11.4 Å². The van der Waals surface area contributed by atoms with Gasteiger partial charge in [-0.3, -0.25) is 10.1 Å². The zero-order valence-corrected chi connectivity index (χ0v) is 8.76. The second kappa shape index (κ2) is 3.08. The minimum Gasteiger partial charge on any atom is -0.258 e. The van der Waals surface area contributed by atoms with Gasteiger partial charge in [0.05, 0.1) is 15.7 Å². The average Bonchev–Trinajstić information content (AvgIpc) is 2.46. The summed E-state index contributed by atoms with van der Waals surface area (Å²) < 4.78 is 1.80. The highest BCUT2D eigenvalue weighted by molar-refractivity contribution is 9.10. The van der Waals surface area contributed by atoms with Crippen molar-refractivity contribution in [2.45, 2.75) is 0 Å². The third kappa shape index (κ3) is 1.45. The molecule has 2 rings (SSSR count). The zero-order valence-electron chi connectivity index (χ0n) is 6.36. The number of nitro groups is 1. The van der Waals surface area contributed by atoms with Crippen molar-refractivity contribution in [3.8, 4) is 0 Å². The molecule has 0 N–H and O–H groups in total. The summed E-state index contributed by atoms with van der Waals surface area (Å²) in [6.45, 7) is 0. The van der Waals surface area contributed by atoms with Crippen LogP contribution in [0.2, 0.25) is 0 Å². The minimum atomic E-state index is -0.356. The van der Waals surface area contributed by atoms with Crippen LogP contribution in [0.1, 0.15) is 0 Å². The summed E-state index contributed by atoms with van der Waals surface area (Å²) in [5.41, 5.74) is 0.182. The maximum Gasteiger partial charge on any atom is 0.287 e. The third-order valence-corrected chi connectivity index (χ3v) is 3.16. The lowest BCUT2D eigenvalue weighted by atomic mass is 10.2. The summed E-state index contributed by atoms with van der Waals surface area (Å²) in [6.07, 6.45) is 0. The van der Waals surface area contributed by atoms with Gasteiger partial charge in [0, 0.05) is 9.17 Å². The number of fused-ring (bicyclic) bond motifs is 1. The molecule has 0 spiro atoms. The molecule has 2 aromatic rings. The van der Waals surface area contributed by atoms with Gasteiger partial charge in [0.1, 0.15) is 0 Å². The molecule has 0 saturated carbocycles. The van der Waals surface area contributed by atoms with Crippen LogP contribution in [0.15, 0.2) is 28.1 Å². The number of benzene rings is 1. The molecule has 0 radical (unpaired) electrons. The fourth-order valence-corrected chi connectivity index (χ4v) is 2.38. The fraction of sp³-hybridized carbons (Fsp3) is 0. The summed E-state index contributed by atoms with van der Waals surface area (Å²) in [6, 6.07) is 5.52. The topological polar surface area (TPSA) is 43.1 Å². The van der Waals surface area contributed by atoms with Crippen LogP contribution < -0.4 is 0 Å². The van der Waals surface area contributed by atoms with Gasteiger partial charge in [0.25, 0.3) is 5.69 Å². The van der Waals surface area contributed by atoms with Crippen LogP contribution in [0.25, 0.3) is 10.1 Å². The highest BCUT2D eigenvalue weighted by Crippen LogP contribution is 2.33. The number of hydrogen-bond acceptors (Lipinski definition) is 3. The molecule has 0 atom stereocenters. The summed E-state index contributed by atoms with van der Waals surface area (Å²) in [5, 5.41) is 12.8. The van der Waals surface area contributed by atoms with E-state index in [-0.39, 0.29) is 10.6 Å². The van der Waals surface area contributed by atoms with Crippen LogP contribution in [0.5, 0.6) is 0 Å². The van der Waals surface area contributed by atoms with E-state index in [2.05, 4.69) is 15.9 Å². The summed E-state index contributed by atoms with van der Waals surface area (Å²) >= 11 is 4.67. The molecular weight excluding hydrogens is 254 g/mol. The Balaban J connectivity index is 2.79. The summed E-state index contributed by atoms with van der Waals surface area (Å²) in [7, 11) is 0. The average molecular weight is 258 g/mol. The van der Waals surface area contributed by atoms with E-state index >= 15 is 0 Å². The molecule has 0 aliphatic rings. The van der Waals surface area contributed by atoms with E-state index in [4.69, 9.17) is 0 Å². The maximum atomic E-state index is 10.6. The zero-order chi connectivity index (χ0) is 9.42. The van der Waals surface area contributed by atoms with Crippen molar-refractivity contribution < 1.29 is 4.92 Å². The first-order valence-electron chi connectivity index (χ1n) is 3.49. The van der Waals surface area contributed by atoms with Crippen molar-refractivity contribution in [2.75, 3.05) is 0 Å². The normalized spacial score (nSPS) is 10.5. The standard InChI is InChI=1S/C8H4BrNO2S/c9-5-1-2-8-6(3-5)7(4-13-8)10(11)12/h1-4H. The first-order chi connectivity index (χ1) is 6.18. The molecule has 3 nitrogen and oxygen atoms in total. The second-order valence-electron chi connectivity index (χ2n) is 2.52. The van der Waals surface area contributed by atoms with Crippen molar-refractivity contribution in [1.29, 1.82) is 0 Å². The third-order valence-electron chi connectivity index (χ3n) is 1.71. The second-order valence-corrected chi connectivity index (χ2v) is 4.35. The van der Waals surface area contributed by atoms with Gasteiger partial charge in [-0.1, -0.05) is 15.9 Å². The minimum absolute atomic E-state index is 0.182. The van der Waals surface area contributed by atoms with Crippen molar-refractivity contribution in [2.24, 2.45) is 0 Å². The fourth-order valence-electron chi connectivity index (χ4n) is 1.13. The summed E-state index contributed by atoms with van der Waals surface area (Å²) in [4.78, 5) is 10.2. The van der Waals surface area contributed by atoms with E-state index in [0.29, 0.717) is 5.39 Å². The van der Waals surface area contributed by atoms with E-state index in [9.17, 15) is 10.1 Å². The highest BCUT2D eigenvalue weighted by atomic mass is 79.9. The quantitative estimate of drug-likeness (QED) is 0.579. The smallest absolute Gasteiger partial charge is 0.258 e. The Labute approximate surface area is 86.3 Å². The van der Waals surface area contributed by atoms with Crippen LogP contribution in [0.3, 0.4) is 0 Å². The molecule has 0 saturated heterocycles. The Morgan fingerprint density at radius 3 is 2.92 bits per heavy atom. The van der Waals surface area contributed by atoms with Crippen molar-refractivity contribution in [3.63, 3.8) is 0 Å². The van der Waals surface area contributed by atoms with Gasteiger partial charge < -0.3 is 0 Å². The van der Waals surface area contributed by atoms with Gasteiger partial charge in [0.15, 0.2) is 0 Å². The van der Waals surface area contributed by atoms with Crippen molar-refractivity contribution >= 4 is 43.0 Å². The molecule has 0 amide bonds. The van der Waals surface area contributed by atoms with Crippen molar-refractivity contribution in [3.05, 3.63) is 38.2 Å². The Kier molecular flexibility index (Phi) is 2.05. The van der Waals surface area contributed by atoms with E-state index in [1.807, 2.05) is 12.1 Å². The number of rotatable bonds is 1. The first kappa shape index (κ1) is 8.65. The van der Waals surface area contributed by atoms with Crippen LogP contribution in [0.4, 0.5) is 5.69 Å². The number of nitrogens with zero attached hydrogens (tertiary/aromatic N) is 1. The van der Waals surface area contributed by atoms with Gasteiger partial charge in [-0.2, -0.15) is 0 Å². The molecule has 1 heterocycles. The Bertz CT molecular complexity index is 480. The number of thiophene rings is 1. The van der Waals surface area contributed by atoms with Gasteiger partial charge in [-0.15, -0.1) is 11.3 Å². The monoisotopic (exact) mass is 257 g/mol. The van der Waals surface area contributed by atoms with E-state index in [0.717, 1.165) is 9.17 Å². The Morgan fingerprint density at radius 2 is 2.23 bits per heavy atom. The van der Waals surface area contributed by atoms with Crippen molar-refractivity contribution in [1.82, 2.24) is 0 Å². The molecule has 1 aromatic heterocycles. The predicted molar refractivity (Wildman–Crippen MR) is 56.2 cm³/mol. The number of halogens is 1. The van der Waals surface area contributed by atoms with E-state index < -0.39 is 0 Å². The molecule has 1 aromatic carbocycles. The van der Waals surface area contributed by atoms with Gasteiger partial charge in [0.2, 0.25) is 0 Å². The lowest BCUT2D eigenvalue weighted by Crippen LogP contribution is -1.84. The maximum absolute atomic E-state index is 10.6. The molecule has 5 heteroatoms. The molecule has 66 valence electrons. The predicted octanol–water partition coefficient (Wildman–Crippen LogP) is 3.57. The van der Waals surface area contributed by atoms with Gasteiger partial charge >= 0.3 is 0 Å². The lowest BCUT2D eigenvalue weighted by molar-refractivity contribution is -0.382. The first-order valence-corrected chi connectivity index (χ1v) is 5.17. The van der Waals surface area contributed by atoms with Crippen LogP contribution in [0, 0.1) is 10.1 Å². The molecule has 0 aliphatic heterocycles. The summed E-state index contributed by atoms with van der Waals surface area (Å²) in [5.74, 6) is 0. The molecular formula is C8H4BrNO2S. The largest absolute Gasteiger partial charge is 0.287 e. The van der Waals surface area contributed by atoms with Crippen LogP contribution >= 0.6 is 27.3 Å². The SMILES string of the molecule is O=[N+]([O-])c1csc2ccc(Br)cc12. The van der Waals surface area contributed by atoms with Crippen LogP contribution in [-0.4, -0.2) is 4.92 Å². The number of hydrogen-bond donors (Lipinski definition) is 0. The van der Waals surface area contributed by atoms with Gasteiger partial charge in [-0.05, 0) is 18.2 Å². The van der Waals surface area contributed by atoms with Gasteiger partial charge in [-0.25, -0.2) is 0 Å². The van der Waals surface area contributed by atoms with E-state index in [1.165, 1.54) is 11.3 Å². The lowest BCUT2D eigenvalue weighted by Gasteiger charge is -1.90. The molecule has 0 bridgehead atoms. The Hall–Kier alpha value is -0.940.